The molecular formula is C16H21N3O3S. The van der Waals surface area contributed by atoms with Crippen molar-refractivity contribution in [2.75, 3.05) is 13.1 Å². The van der Waals surface area contributed by atoms with Gasteiger partial charge in [0, 0.05) is 25.6 Å². The molecule has 3 rings (SSSR count). The first-order valence-corrected chi connectivity index (χ1v) is 8.98. The second-order valence-electron chi connectivity index (χ2n) is 6.05. The van der Waals surface area contributed by atoms with Crippen molar-refractivity contribution in [2.45, 2.75) is 44.7 Å². The lowest BCUT2D eigenvalue weighted by Crippen LogP contribution is -2.54. The van der Waals surface area contributed by atoms with Crippen molar-refractivity contribution >= 4 is 29.2 Å². The summed E-state index contributed by atoms with van der Waals surface area (Å²) in [7, 11) is 0. The molecule has 2 fully saturated rings. The number of amides is 4. The predicted molar refractivity (Wildman–Crippen MR) is 86.9 cm³/mol. The maximum atomic E-state index is 12.8. The topological polar surface area (TPSA) is 69.7 Å². The van der Waals surface area contributed by atoms with Gasteiger partial charge in [0.05, 0.1) is 0 Å². The number of nitrogens with zero attached hydrogens (tertiary/aromatic N) is 2. The van der Waals surface area contributed by atoms with Crippen LogP contribution in [-0.4, -0.2) is 46.8 Å². The van der Waals surface area contributed by atoms with E-state index in [1.54, 1.807) is 11.3 Å². The Kier molecular flexibility index (Phi) is 4.95. The Morgan fingerprint density at radius 3 is 2.78 bits per heavy atom. The highest BCUT2D eigenvalue weighted by atomic mass is 32.1. The van der Waals surface area contributed by atoms with Gasteiger partial charge in [0.15, 0.2) is 0 Å². The number of hydrogen-bond donors (Lipinski definition) is 1. The highest BCUT2D eigenvalue weighted by Gasteiger charge is 2.32. The highest BCUT2D eigenvalue weighted by Crippen LogP contribution is 2.26. The van der Waals surface area contributed by atoms with E-state index in [9.17, 15) is 14.4 Å². The van der Waals surface area contributed by atoms with E-state index in [0.717, 1.165) is 36.1 Å². The minimum atomic E-state index is -0.462. The standard InChI is InChI=1S/C16H21N3O3S/c20-14-5-7-17-16(22)19(14)10-15(21)18(13-3-1-2-4-13)9-12-6-8-23-11-12/h6,8,11,13H,1-5,7,9-10H2,(H,17,22). The maximum absolute atomic E-state index is 12.8. The average molecular weight is 335 g/mol. The molecule has 2 aliphatic rings. The summed E-state index contributed by atoms with van der Waals surface area (Å²) < 4.78 is 0. The summed E-state index contributed by atoms with van der Waals surface area (Å²) in [6, 6.07) is 1.76. The van der Waals surface area contributed by atoms with Gasteiger partial charge in [-0.05, 0) is 35.2 Å². The largest absolute Gasteiger partial charge is 0.337 e. The Morgan fingerprint density at radius 2 is 2.13 bits per heavy atom. The molecule has 4 amide bonds. The number of hydrogen-bond acceptors (Lipinski definition) is 4. The molecule has 2 heterocycles. The van der Waals surface area contributed by atoms with Crippen LogP contribution >= 0.6 is 11.3 Å². The minimum absolute atomic E-state index is 0.145. The minimum Gasteiger partial charge on any atom is -0.337 e. The molecule has 0 aromatic carbocycles. The Bertz CT molecular complexity index is 565. The van der Waals surface area contributed by atoms with Crippen LogP contribution in [0.4, 0.5) is 4.79 Å². The number of nitrogens with one attached hydrogen (secondary N) is 1. The quantitative estimate of drug-likeness (QED) is 0.894. The number of carbonyl (C=O) groups excluding carboxylic acids is 3. The first-order chi connectivity index (χ1) is 11.1. The van der Waals surface area contributed by atoms with Crippen LogP contribution in [0.25, 0.3) is 0 Å². The van der Waals surface area contributed by atoms with Crippen LogP contribution in [0.3, 0.4) is 0 Å². The van der Waals surface area contributed by atoms with Gasteiger partial charge in [-0.3, -0.25) is 14.5 Å². The van der Waals surface area contributed by atoms with Gasteiger partial charge < -0.3 is 10.2 Å². The van der Waals surface area contributed by atoms with E-state index in [1.165, 1.54) is 0 Å². The summed E-state index contributed by atoms with van der Waals surface area (Å²) >= 11 is 1.61. The molecule has 0 unspecified atom stereocenters. The molecule has 23 heavy (non-hydrogen) atoms. The summed E-state index contributed by atoms with van der Waals surface area (Å²) in [5, 5.41) is 6.65. The summed E-state index contributed by atoms with van der Waals surface area (Å²) in [6.45, 7) is 0.742. The zero-order valence-corrected chi connectivity index (χ0v) is 13.8. The monoisotopic (exact) mass is 335 g/mol. The van der Waals surface area contributed by atoms with E-state index in [2.05, 4.69) is 5.32 Å². The van der Waals surface area contributed by atoms with Gasteiger partial charge in [-0.1, -0.05) is 12.8 Å². The van der Waals surface area contributed by atoms with E-state index in [-0.39, 0.29) is 30.8 Å². The molecule has 0 spiro atoms. The van der Waals surface area contributed by atoms with Crippen molar-refractivity contribution in [1.29, 1.82) is 0 Å². The van der Waals surface area contributed by atoms with Crippen LogP contribution in [0.1, 0.15) is 37.7 Å². The Morgan fingerprint density at radius 1 is 1.35 bits per heavy atom. The maximum Gasteiger partial charge on any atom is 0.324 e. The number of imide groups is 1. The normalized spacial score (nSPS) is 19.0. The van der Waals surface area contributed by atoms with E-state index in [4.69, 9.17) is 0 Å². The Labute approximate surface area is 139 Å². The highest BCUT2D eigenvalue weighted by molar-refractivity contribution is 7.07. The molecule has 124 valence electrons. The van der Waals surface area contributed by atoms with Gasteiger partial charge in [-0.15, -0.1) is 0 Å². The lowest BCUT2D eigenvalue weighted by atomic mass is 10.1. The lowest BCUT2D eigenvalue weighted by Gasteiger charge is -2.32. The van der Waals surface area contributed by atoms with Crippen molar-refractivity contribution < 1.29 is 14.4 Å². The third-order valence-electron chi connectivity index (χ3n) is 4.47. The van der Waals surface area contributed by atoms with Crippen molar-refractivity contribution in [3.8, 4) is 0 Å². The summed E-state index contributed by atoms with van der Waals surface area (Å²) in [5.74, 6) is -0.419. The third-order valence-corrected chi connectivity index (χ3v) is 5.21. The predicted octanol–water partition coefficient (Wildman–Crippen LogP) is 1.96. The van der Waals surface area contributed by atoms with Crippen LogP contribution < -0.4 is 5.32 Å². The van der Waals surface area contributed by atoms with Gasteiger partial charge in [0.1, 0.15) is 6.54 Å². The molecule has 6 nitrogen and oxygen atoms in total. The molecular weight excluding hydrogens is 314 g/mol. The zero-order chi connectivity index (χ0) is 16.2. The smallest absolute Gasteiger partial charge is 0.324 e. The SMILES string of the molecule is O=C1CCNC(=O)N1CC(=O)N(Cc1ccsc1)C1CCCC1. The second kappa shape index (κ2) is 7.12. The number of carbonyl (C=O) groups is 3. The van der Waals surface area contributed by atoms with Crippen molar-refractivity contribution in [3.63, 3.8) is 0 Å². The molecule has 7 heteroatoms. The number of thiophene rings is 1. The lowest BCUT2D eigenvalue weighted by molar-refractivity contribution is -0.140. The summed E-state index contributed by atoms with van der Waals surface area (Å²) in [6.07, 6.45) is 4.50. The first-order valence-electron chi connectivity index (χ1n) is 8.04. The molecule has 1 N–H and O–H groups in total. The number of rotatable bonds is 5. The fourth-order valence-electron chi connectivity index (χ4n) is 3.22. The molecule has 1 aromatic rings. The molecule has 1 aliphatic heterocycles. The van der Waals surface area contributed by atoms with E-state index >= 15 is 0 Å². The summed E-state index contributed by atoms with van der Waals surface area (Å²) in [4.78, 5) is 39.4. The van der Waals surface area contributed by atoms with E-state index in [1.807, 2.05) is 21.7 Å². The fourth-order valence-corrected chi connectivity index (χ4v) is 3.88. The van der Waals surface area contributed by atoms with Crippen molar-refractivity contribution in [2.24, 2.45) is 0 Å². The van der Waals surface area contributed by atoms with Crippen LogP contribution in [-0.2, 0) is 16.1 Å². The van der Waals surface area contributed by atoms with Crippen molar-refractivity contribution in [1.82, 2.24) is 15.1 Å². The molecule has 0 atom stereocenters. The molecule has 1 saturated heterocycles. The van der Waals surface area contributed by atoms with Crippen LogP contribution in [0.5, 0.6) is 0 Å². The van der Waals surface area contributed by atoms with E-state index in [0.29, 0.717) is 13.1 Å². The first kappa shape index (κ1) is 16.0. The van der Waals surface area contributed by atoms with Crippen LogP contribution in [0.15, 0.2) is 16.8 Å². The summed E-state index contributed by atoms with van der Waals surface area (Å²) in [5.41, 5.74) is 1.10. The molecule has 1 aromatic heterocycles. The van der Waals surface area contributed by atoms with Gasteiger partial charge in [0.2, 0.25) is 11.8 Å². The van der Waals surface area contributed by atoms with Gasteiger partial charge >= 0.3 is 6.03 Å². The van der Waals surface area contributed by atoms with Crippen LogP contribution in [0, 0.1) is 0 Å². The van der Waals surface area contributed by atoms with Gasteiger partial charge in [0.25, 0.3) is 0 Å². The number of urea groups is 1. The molecule has 1 aliphatic carbocycles. The van der Waals surface area contributed by atoms with Crippen LogP contribution in [0.2, 0.25) is 0 Å². The third kappa shape index (κ3) is 3.72. The average Bonchev–Trinajstić information content (AvgIpc) is 3.21. The van der Waals surface area contributed by atoms with E-state index < -0.39 is 6.03 Å². The molecule has 0 bridgehead atoms. The zero-order valence-electron chi connectivity index (χ0n) is 13.0. The van der Waals surface area contributed by atoms with Crippen molar-refractivity contribution in [3.05, 3.63) is 22.4 Å². The van der Waals surface area contributed by atoms with Gasteiger partial charge in [-0.25, -0.2) is 4.79 Å². The second-order valence-corrected chi connectivity index (χ2v) is 6.83. The molecule has 0 radical (unpaired) electrons. The fraction of sp³-hybridized carbons (Fsp3) is 0.562. The molecule has 1 saturated carbocycles. The Balaban J connectivity index is 1.71. The van der Waals surface area contributed by atoms with Gasteiger partial charge in [-0.2, -0.15) is 11.3 Å². The Hall–Kier alpha value is -1.89.